The van der Waals surface area contributed by atoms with Crippen molar-refractivity contribution in [3.8, 4) is 11.3 Å². The minimum Gasteiger partial charge on any atom is -0.217 e. The van der Waals surface area contributed by atoms with Gasteiger partial charge >= 0.3 is 0 Å². The number of hydrogen-bond acceptors (Lipinski definition) is 2. The second-order valence-electron chi connectivity index (χ2n) is 4.56. The molecule has 3 rings (SSSR count). The summed E-state index contributed by atoms with van der Waals surface area (Å²) in [5, 5.41) is 0.511. The maximum atomic E-state index is 6.34. The molecule has 1 heterocycles. The molecule has 104 valence electrons. The Morgan fingerprint density at radius 3 is 2.57 bits per heavy atom. The number of benzene rings is 1. The van der Waals surface area contributed by atoms with E-state index in [1.165, 1.54) is 0 Å². The van der Waals surface area contributed by atoms with E-state index < -0.39 is 0 Å². The first-order valence-corrected chi connectivity index (χ1v) is 7.33. The summed E-state index contributed by atoms with van der Waals surface area (Å²) in [4.78, 5) is 8.47. The van der Waals surface area contributed by atoms with E-state index in [4.69, 9.17) is 23.2 Å². The van der Waals surface area contributed by atoms with E-state index >= 15 is 0 Å². The Hall–Kier alpha value is -1.90. The highest BCUT2D eigenvalue weighted by molar-refractivity contribution is 6.33. The number of halogens is 2. The number of hydrogen-bond donors (Lipinski definition) is 0. The summed E-state index contributed by atoms with van der Waals surface area (Å²) in [5.74, 6) is 0. The van der Waals surface area contributed by atoms with Crippen molar-refractivity contribution in [2.75, 3.05) is 0 Å². The zero-order valence-electron chi connectivity index (χ0n) is 11.1. The molecule has 0 saturated heterocycles. The molecule has 1 aromatic carbocycles. The van der Waals surface area contributed by atoms with Crippen LogP contribution in [0.4, 0.5) is 0 Å². The maximum Gasteiger partial charge on any atom is 0.224 e. The monoisotopic (exact) mass is 314 g/mol. The second kappa shape index (κ2) is 6.25. The fourth-order valence-corrected chi connectivity index (χ4v) is 2.71. The summed E-state index contributed by atoms with van der Waals surface area (Å²) in [6.07, 6.45) is 11.1. The molecule has 0 bridgehead atoms. The summed E-state index contributed by atoms with van der Waals surface area (Å²) in [7, 11) is 0. The van der Waals surface area contributed by atoms with Crippen LogP contribution < -0.4 is 0 Å². The molecule has 0 saturated carbocycles. The topological polar surface area (TPSA) is 25.8 Å². The van der Waals surface area contributed by atoms with Crippen molar-refractivity contribution in [2.24, 2.45) is 0 Å². The maximum absolute atomic E-state index is 6.34. The van der Waals surface area contributed by atoms with Gasteiger partial charge in [0.1, 0.15) is 5.15 Å². The van der Waals surface area contributed by atoms with Crippen LogP contribution in [0.15, 0.2) is 60.7 Å². The van der Waals surface area contributed by atoms with Crippen molar-refractivity contribution < 1.29 is 0 Å². The Morgan fingerprint density at radius 2 is 1.76 bits per heavy atom. The van der Waals surface area contributed by atoms with Gasteiger partial charge in [0.25, 0.3) is 0 Å². The van der Waals surface area contributed by atoms with E-state index in [1.54, 1.807) is 0 Å². The van der Waals surface area contributed by atoms with Crippen LogP contribution in [-0.2, 0) is 0 Å². The number of allylic oxidation sites excluding steroid dienone is 6. The van der Waals surface area contributed by atoms with Crippen LogP contribution in [0.25, 0.3) is 16.8 Å². The van der Waals surface area contributed by atoms with Gasteiger partial charge in [-0.25, -0.2) is 9.97 Å². The average Bonchev–Trinajstić information content (AvgIpc) is 2.76. The lowest BCUT2D eigenvalue weighted by Gasteiger charge is -2.11. The van der Waals surface area contributed by atoms with Crippen LogP contribution in [0.3, 0.4) is 0 Å². The summed E-state index contributed by atoms with van der Waals surface area (Å²) < 4.78 is 0. The Morgan fingerprint density at radius 1 is 0.952 bits per heavy atom. The number of nitrogens with zero attached hydrogens (tertiary/aromatic N) is 2. The zero-order valence-corrected chi connectivity index (χ0v) is 12.6. The highest BCUT2D eigenvalue weighted by atomic mass is 35.5. The Kier molecular flexibility index (Phi) is 4.18. The van der Waals surface area contributed by atoms with Gasteiger partial charge in [-0.15, -0.1) is 0 Å². The van der Waals surface area contributed by atoms with Crippen molar-refractivity contribution >= 4 is 28.8 Å². The summed E-state index contributed by atoms with van der Waals surface area (Å²) >= 11 is 12.3. The molecule has 0 unspecified atom stereocenters. The van der Waals surface area contributed by atoms with Crippen molar-refractivity contribution in [3.05, 3.63) is 76.7 Å². The Labute approximate surface area is 133 Å². The zero-order chi connectivity index (χ0) is 14.7. The first-order valence-electron chi connectivity index (χ1n) is 6.58. The molecule has 0 radical (unpaired) electrons. The Balaban J connectivity index is 2.24. The smallest absolute Gasteiger partial charge is 0.217 e. The third kappa shape index (κ3) is 3.07. The van der Waals surface area contributed by atoms with Gasteiger partial charge in [-0.3, -0.25) is 0 Å². The standard InChI is InChI=1S/C17H12Cl2N2/c18-16-14(12-8-4-1-2-5-9-12)15(20-17(19)21-16)13-10-6-3-7-11-13/h1,3-11H,2H2. The molecule has 1 aromatic heterocycles. The van der Waals surface area contributed by atoms with Crippen LogP contribution >= 0.6 is 23.2 Å². The van der Waals surface area contributed by atoms with Crippen LogP contribution in [0.5, 0.6) is 0 Å². The predicted molar refractivity (Wildman–Crippen MR) is 88.4 cm³/mol. The molecule has 1 aliphatic carbocycles. The molecule has 2 nitrogen and oxygen atoms in total. The number of rotatable bonds is 2. The molecule has 2 aromatic rings. The van der Waals surface area contributed by atoms with E-state index in [1.807, 2.05) is 48.6 Å². The minimum absolute atomic E-state index is 0.149. The summed E-state index contributed by atoms with van der Waals surface area (Å²) in [6.45, 7) is 0. The fourth-order valence-electron chi connectivity index (χ4n) is 2.21. The van der Waals surface area contributed by atoms with Gasteiger partial charge < -0.3 is 0 Å². The van der Waals surface area contributed by atoms with Crippen molar-refractivity contribution in [3.63, 3.8) is 0 Å². The molecular weight excluding hydrogens is 303 g/mol. The molecule has 21 heavy (non-hydrogen) atoms. The van der Waals surface area contributed by atoms with E-state index in [0.717, 1.165) is 28.8 Å². The molecule has 0 atom stereocenters. The normalized spacial score (nSPS) is 13.9. The lowest BCUT2D eigenvalue weighted by molar-refractivity contribution is 1.16. The van der Waals surface area contributed by atoms with Crippen LogP contribution in [0.1, 0.15) is 12.0 Å². The molecule has 0 N–H and O–H groups in total. The van der Waals surface area contributed by atoms with Crippen LogP contribution in [0, 0.1) is 0 Å². The van der Waals surface area contributed by atoms with E-state index in [0.29, 0.717) is 5.15 Å². The molecule has 4 heteroatoms. The largest absolute Gasteiger partial charge is 0.224 e. The van der Waals surface area contributed by atoms with Crippen molar-refractivity contribution in [1.82, 2.24) is 9.97 Å². The molecular formula is C17H12Cl2N2. The second-order valence-corrected chi connectivity index (χ2v) is 5.26. The first kappa shape index (κ1) is 14.1. The van der Waals surface area contributed by atoms with Crippen LogP contribution in [0.2, 0.25) is 10.4 Å². The molecule has 0 aliphatic heterocycles. The number of aromatic nitrogens is 2. The van der Waals surface area contributed by atoms with Gasteiger partial charge in [0.15, 0.2) is 0 Å². The summed E-state index contributed by atoms with van der Waals surface area (Å²) in [5.41, 5.74) is 3.48. The lowest BCUT2D eigenvalue weighted by atomic mass is 10.0. The predicted octanol–water partition coefficient (Wildman–Crippen LogP) is 5.35. The van der Waals surface area contributed by atoms with Gasteiger partial charge in [-0.2, -0.15) is 0 Å². The van der Waals surface area contributed by atoms with Gasteiger partial charge in [0.05, 0.1) is 5.69 Å². The highest BCUT2D eigenvalue weighted by Gasteiger charge is 2.16. The lowest BCUT2D eigenvalue weighted by Crippen LogP contribution is -1.97. The van der Waals surface area contributed by atoms with Gasteiger partial charge in [-0.05, 0) is 23.6 Å². The minimum atomic E-state index is 0.149. The van der Waals surface area contributed by atoms with Crippen molar-refractivity contribution in [1.29, 1.82) is 0 Å². The van der Waals surface area contributed by atoms with E-state index in [-0.39, 0.29) is 5.28 Å². The highest BCUT2D eigenvalue weighted by Crippen LogP contribution is 2.34. The average molecular weight is 315 g/mol. The Bertz CT molecular complexity index is 747. The van der Waals surface area contributed by atoms with E-state index in [2.05, 4.69) is 22.1 Å². The van der Waals surface area contributed by atoms with E-state index in [9.17, 15) is 0 Å². The molecule has 1 aliphatic rings. The molecule has 0 amide bonds. The first-order chi connectivity index (χ1) is 10.3. The molecule has 0 spiro atoms. The quantitative estimate of drug-likeness (QED) is 0.551. The SMILES string of the molecule is Clc1nc(Cl)c(C2=CC=CCC=C2)c(-c2ccccc2)n1. The van der Waals surface area contributed by atoms with Gasteiger partial charge in [0.2, 0.25) is 5.28 Å². The third-order valence-electron chi connectivity index (χ3n) is 3.15. The summed E-state index contributed by atoms with van der Waals surface area (Å²) in [6, 6.07) is 9.84. The molecule has 0 fully saturated rings. The van der Waals surface area contributed by atoms with Crippen molar-refractivity contribution in [2.45, 2.75) is 6.42 Å². The fraction of sp³-hybridized carbons (Fsp3) is 0.0588. The van der Waals surface area contributed by atoms with Gasteiger partial charge in [-0.1, -0.05) is 72.3 Å². The van der Waals surface area contributed by atoms with Gasteiger partial charge in [0, 0.05) is 11.1 Å². The third-order valence-corrected chi connectivity index (χ3v) is 3.60. The van der Waals surface area contributed by atoms with Crippen LogP contribution in [-0.4, -0.2) is 9.97 Å².